The number of ether oxygens (including phenoxy) is 1. The van der Waals surface area contributed by atoms with E-state index in [9.17, 15) is 4.79 Å². The van der Waals surface area contributed by atoms with E-state index in [0.717, 1.165) is 35.5 Å². The summed E-state index contributed by atoms with van der Waals surface area (Å²) in [7, 11) is 0. The number of anilines is 1. The van der Waals surface area contributed by atoms with Gasteiger partial charge in [-0.15, -0.1) is 0 Å². The second-order valence-electron chi connectivity index (χ2n) is 6.21. The van der Waals surface area contributed by atoms with Crippen LogP contribution in [0.15, 0.2) is 42.5 Å². The molecule has 1 atom stereocenters. The summed E-state index contributed by atoms with van der Waals surface area (Å²) in [4.78, 5) is 14.8. The molecular formula is C20H23NO2. The number of carbonyl (C=O) groups is 1. The maximum Gasteiger partial charge on any atom is 0.268 e. The van der Waals surface area contributed by atoms with Crippen molar-refractivity contribution in [3.63, 3.8) is 0 Å². The van der Waals surface area contributed by atoms with Gasteiger partial charge in [-0.1, -0.05) is 31.2 Å². The van der Waals surface area contributed by atoms with Gasteiger partial charge in [0.05, 0.1) is 0 Å². The summed E-state index contributed by atoms with van der Waals surface area (Å²) in [6.45, 7) is 6.82. The highest BCUT2D eigenvalue weighted by Gasteiger charge is 2.30. The largest absolute Gasteiger partial charge is 0.481 e. The van der Waals surface area contributed by atoms with E-state index in [4.69, 9.17) is 4.74 Å². The van der Waals surface area contributed by atoms with Crippen LogP contribution >= 0.6 is 0 Å². The fraction of sp³-hybridized carbons (Fsp3) is 0.350. The molecule has 0 aromatic heterocycles. The Kier molecular flexibility index (Phi) is 4.37. The molecule has 0 spiro atoms. The Balaban J connectivity index is 1.80. The van der Waals surface area contributed by atoms with Gasteiger partial charge in [-0.3, -0.25) is 4.79 Å². The number of benzene rings is 2. The summed E-state index contributed by atoms with van der Waals surface area (Å²) in [6, 6.07) is 14.2. The highest BCUT2D eigenvalue weighted by atomic mass is 16.5. The molecule has 0 aliphatic carbocycles. The first kappa shape index (κ1) is 15.6. The van der Waals surface area contributed by atoms with Crippen LogP contribution in [-0.4, -0.2) is 18.6 Å². The van der Waals surface area contributed by atoms with Crippen LogP contribution in [0.25, 0.3) is 0 Å². The van der Waals surface area contributed by atoms with E-state index >= 15 is 0 Å². The van der Waals surface area contributed by atoms with Crippen LogP contribution in [0, 0.1) is 13.8 Å². The zero-order valence-electron chi connectivity index (χ0n) is 14.0. The Morgan fingerprint density at radius 1 is 1.17 bits per heavy atom. The normalized spacial score (nSPS) is 14.5. The predicted octanol–water partition coefficient (Wildman–Crippen LogP) is 4.05. The molecule has 0 radical (unpaired) electrons. The first-order valence-corrected chi connectivity index (χ1v) is 8.22. The molecule has 1 aliphatic heterocycles. The van der Waals surface area contributed by atoms with E-state index in [1.54, 1.807) is 0 Å². The van der Waals surface area contributed by atoms with Crippen LogP contribution < -0.4 is 9.64 Å². The predicted molar refractivity (Wildman–Crippen MR) is 93.1 cm³/mol. The lowest BCUT2D eigenvalue weighted by Crippen LogP contribution is -2.41. The van der Waals surface area contributed by atoms with Crippen LogP contribution in [0.4, 0.5) is 5.69 Å². The van der Waals surface area contributed by atoms with Gasteiger partial charge in [-0.05, 0) is 61.6 Å². The number of amides is 1. The fourth-order valence-corrected chi connectivity index (χ4v) is 3.21. The summed E-state index contributed by atoms with van der Waals surface area (Å²) in [5, 5.41) is 0. The van der Waals surface area contributed by atoms with Gasteiger partial charge in [-0.2, -0.15) is 0 Å². The molecule has 0 N–H and O–H groups in total. The molecule has 3 nitrogen and oxygen atoms in total. The van der Waals surface area contributed by atoms with Gasteiger partial charge in [0.25, 0.3) is 5.91 Å². The Morgan fingerprint density at radius 3 is 2.57 bits per heavy atom. The van der Waals surface area contributed by atoms with Crippen molar-refractivity contribution in [1.29, 1.82) is 0 Å². The highest BCUT2D eigenvalue weighted by Crippen LogP contribution is 2.29. The van der Waals surface area contributed by atoms with E-state index in [1.807, 2.05) is 56.0 Å². The van der Waals surface area contributed by atoms with Gasteiger partial charge in [0.1, 0.15) is 5.75 Å². The molecule has 0 saturated carbocycles. The second-order valence-corrected chi connectivity index (χ2v) is 6.21. The standard InChI is InChI=1S/C20H23NO2/c1-4-19(23-17-12-14(2)11-15(3)13-17)20(22)21-10-9-16-7-5-6-8-18(16)21/h5-8,11-13,19H,4,9-10H2,1-3H3/t19-/m1/s1. The van der Waals surface area contributed by atoms with Crippen molar-refractivity contribution in [2.24, 2.45) is 0 Å². The molecule has 23 heavy (non-hydrogen) atoms. The number of para-hydroxylation sites is 1. The molecular weight excluding hydrogens is 286 g/mol. The molecule has 120 valence electrons. The highest BCUT2D eigenvalue weighted by molar-refractivity contribution is 5.98. The van der Waals surface area contributed by atoms with E-state index in [1.165, 1.54) is 5.56 Å². The molecule has 0 unspecified atom stereocenters. The third-order valence-electron chi connectivity index (χ3n) is 4.27. The molecule has 1 amide bonds. The Morgan fingerprint density at radius 2 is 1.87 bits per heavy atom. The number of fused-ring (bicyclic) bond motifs is 1. The maximum atomic E-state index is 12.9. The minimum absolute atomic E-state index is 0.0524. The molecule has 0 fully saturated rings. The molecule has 3 heteroatoms. The van der Waals surface area contributed by atoms with Crippen molar-refractivity contribution in [3.8, 4) is 5.75 Å². The van der Waals surface area contributed by atoms with Gasteiger partial charge < -0.3 is 9.64 Å². The summed E-state index contributed by atoms with van der Waals surface area (Å²) >= 11 is 0. The Labute approximate surface area is 137 Å². The molecule has 0 saturated heterocycles. The molecule has 1 aliphatic rings. The molecule has 3 rings (SSSR count). The fourth-order valence-electron chi connectivity index (χ4n) is 3.21. The summed E-state index contributed by atoms with van der Waals surface area (Å²) in [6.07, 6.45) is 1.13. The van der Waals surface area contributed by atoms with Gasteiger partial charge in [0, 0.05) is 12.2 Å². The number of hydrogen-bond donors (Lipinski definition) is 0. The number of carbonyl (C=O) groups excluding carboxylic acids is 1. The summed E-state index contributed by atoms with van der Waals surface area (Å²) < 4.78 is 6.02. The van der Waals surface area contributed by atoms with E-state index in [2.05, 4.69) is 12.1 Å². The monoisotopic (exact) mass is 309 g/mol. The zero-order chi connectivity index (χ0) is 16.4. The van der Waals surface area contributed by atoms with E-state index in [-0.39, 0.29) is 5.91 Å². The van der Waals surface area contributed by atoms with Crippen LogP contribution in [0.2, 0.25) is 0 Å². The van der Waals surface area contributed by atoms with E-state index in [0.29, 0.717) is 6.42 Å². The van der Waals surface area contributed by atoms with E-state index < -0.39 is 6.10 Å². The maximum absolute atomic E-state index is 12.9. The quantitative estimate of drug-likeness (QED) is 0.852. The third kappa shape index (κ3) is 3.24. The van der Waals surface area contributed by atoms with Gasteiger partial charge in [-0.25, -0.2) is 0 Å². The lowest BCUT2D eigenvalue weighted by Gasteiger charge is -2.24. The van der Waals surface area contributed by atoms with Crippen molar-refractivity contribution in [1.82, 2.24) is 0 Å². The smallest absolute Gasteiger partial charge is 0.268 e. The zero-order valence-corrected chi connectivity index (χ0v) is 14.0. The van der Waals surface area contributed by atoms with Crippen LogP contribution in [0.3, 0.4) is 0 Å². The van der Waals surface area contributed by atoms with Crippen molar-refractivity contribution in [2.45, 2.75) is 39.7 Å². The van der Waals surface area contributed by atoms with Crippen molar-refractivity contribution in [2.75, 3.05) is 11.4 Å². The van der Waals surface area contributed by atoms with Gasteiger partial charge >= 0.3 is 0 Å². The first-order valence-electron chi connectivity index (χ1n) is 8.22. The molecule has 0 bridgehead atoms. The van der Waals surface area contributed by atoms with Crippen molar-refractivity contribution >= 4 is 11.6 Å². The summed E-state index contributed by atoms with van der Waals surface area (Å²) in [5.74, 6) is 0.826. The second kappa shape index (κ2) is 6.45. The molecule has 2 aromatic carbocycles. The summed E-state index contributed by atoms with van der Waals surface area (Å²) in [5.41, 5.74) is 4.56. The average Bonchev–Trinajstić information content (AvgIpc) is 2.95. The molecule has 2 aromatic rings. The van der Waals surface area contributed by atoms with Crippen LogP contribution in [-0.2, 0) is 11.2 Å². The van der Waals surface area contributed by atoms with Crippen molar-refractivity contribution in [3.05, 3.63) is 59.2 Å². The number of aryl methyl sites for hydroxylation is 2. The minimum atomic E-state index is -0.442. The number of rotatable bonds is 4. The Bertz CT molecular complexity index is 703. The Hall–Kier alpha value is -2.29. The van der Waals surface area contributed by atoms with Crippen LogP contribution in [0.5, 0.6) is 5.75 Å². The lowest BCUT2D eigenvalue weighted by atomic mass is 10.1. The lowest BCUT2D eigenvalue weighted by molar-refractivity contribution is -0.125. The number of nitrogens with zero attached hydrogens (tertiary/aromatic N) is 1. The minimum Gasteiger partial charge on any atom is -0.481 e. The average molecular weight is 309 g/mol. The van der Waals surface area contributed by atoms with Gasteiger partial charge in [0.2, 0.25) is 0 Å². The third-order valence-corrected chi connectivity index (χ3v) is 4.27. The number of hydrogen-bond acceptors (Lipinski definition) is 2. The van der Waals surface area contributed by atoms with Crippen LogP contribution in [0.1, 0.15) is 30.0 Å². The SMILES string of the molecule is CC[C@@H](Oc1cc(C)cc(C)c1)C(=O)N1CCc2ccccc21. The topological polar surface area (TPSA) is 29.5 Å². The van der Waals surface area contributed by atoms with Crippen molar-refractivity contribution < 1.29 is 9.53 Å². The van der Waals surface area contributed by atoms with Gasteiger partial charge in [0.15, 0.2) is 6.10 Å². The molecule has 1 heterocycles. The first-order chi connectivity index (χ1) is 11.1.